The summed E-state index contributed by atoms with van der Waals surface area (Å²) in [4.78, 5) is 13.9. The Morgan fingerprint density at radius 2 is 1.90 bits per heavy atom. The van der Waals surface area contributed by atoms with Crippen molar-refractivity contribution in [2.75, 3.05) is 25.0 Å². The first kappa shape index (κ1) is 21.6. The molecule has 3 rings (SSSR count). The van der Waals surface area contributed by atoms with Gasteiger partial charge in [-0.25, -0.2) is 13.1 Å². The fourth-order valence-corrected chi connectivity index (χ4v) is 5.35. The van der Waals surface area contributed by atoms with E-state index >= 15 is 0 Å². The molecule has 1 aromatic heterocycles. The van der Waals surface area contributed by atoms with E-state index in [4.69, 9.17) is 0 Å². The predicted octanol–water partition coefficient (Wildman–Crippen LogP) is 3.15. The van der Waals surface area contributed by atoms with Crippen molar-refractivity contribution < 1.29 is 26.4 Å². The number of rotatable bonds is 6. The highest BCUT2D eigenvalue weighted by Crippen LogP contribution is 2.30. The van der Waals surface area contributed by atoms with Gasteiger partial charge in [-0.15, -0.1) is 11.3 Å². The minimum absolute atomic E-state index is 0.132. The van der Waals surface area contributed by atoms with Gasteiger partial charge in [-0.05, 0) is 42.5 Å². The van der Waals surface area contributed by atoms with E-state index in [0.717, 1.165) is 23.5 Å². The number of carbonyl (C=O) groups is 1. The second-order valence-corrected chi connectivity index (χ2v) is 9.53. The van der Waals surface area contributed by atoms with E-state index in [0.29, 0.717) is 25.9 Å². The quantitative estimate of drug-likeness (QED) is 0.713. The highest BCUT2D eigenvalue weighted by atomic mass is 32.2. The standard InChI is InChI=1S/C18H20F3N3O3S2/c19-18(20,21)13-3-1-4-15(11-13)22-12-16(25)24-8-6-14(7-9-24)23-29(26,27)17-5-2-10-28-17/h1-5,10-11,14,22-23H,6-9,12H2. The molecule has 0 radical (unpaired) electrons. The molecule has 0 atom stereocenters. The van der Waals surface area contributed by atoms with E-state index in [1.54, 1.807) is 16.3 Å². The lowest BCUT2D eigenvalue weighted by Gasteiger charge is -2.32. The summed E-state index contributed by atoms with van der Waals surface area (Å²) in [6.45, 7) is 0.619. The van der Waals surface area contributed by atoms with E-state index in [9.17, 15) is 26.4 Å². The molecule has 0 saturated carbocycles. The Balaban J connectivity index is 1.48. The fourth-order valence-electron chi connectivity index (χ4n) is 3.04. The number of halogens is 3. The van der Waals surface area contributed by atoms with Crippen molar-refractivity contribution >= 4 is 33.0 Å². The second-order valence-electron chi connectivity index (χ2n) is 6.64. The topological polar surface area (TPSA) is 78.5 Å². The number of likely N-dealkylation sites (tertiary alicyclic amines) is 1. The van der Waals surface area contributed by atoms with Gasteiger partial charge in [-0.3, -0.25) is 4.79 Å². The summed E-state index contributed by atoms with van der Waals surface area (Å²) in [7, 11) is -3.56. The highest BCUT2D eigenvalue weighted by molar-refractivity contribution is 7.91. The van der Waals surface area contributed by atoms with E-state index in [2.05, 4.69) is 10.0 Å². The number of nitrogens with one attached hydrogen (secondary N) is 2. The lowest BCUT2D eigenvalue weighted by Crippen LogP contribution is -2.47. The number of sulfonamides is 1. The first-order valence-electron chi connectivity index (χ1n) is 8.90. The molecule has 29 heavy (non-hydrogen) atoms. The SMILES string of the molecule is O=C(CNc1cccc(C(F)(F)F)c1)N1CCC(NS(=O)(=O)c2cccs2)CC1. The van der Waals surface area contributed by atoms with Crippen LogP contribution in [0, 0.1) is 0 Å². The summed E-state index contributed by atoms with van der Waals surface area (Å²) < 4.78 is 65.7. The minimum Gasteiger partial charge on any atom is -0.376 e. The average molecular weight is 448 g/mol. The van der Waals surface area contributed by atoms with Crippen molar-refractivity contribution in [2.45, 2.75) is 29.3 Å². The number of piperidine rings is 1. The molecule has 1 fully saturated rings. The first-order chi connectivity index (χ1) is 13.6. The number of hydrogen-bond donors (Lipinski definition) is 2. The molecule has 2 N–H and O–H groups in total. The van der Waals surface area contributed by atoms with Crippen LogP contribution in [0.5, 0.6) is 0 Å². The molecule has 0 spiro atoms. The summed E-state index contributed by atoms with van der Waals surface area (Å²) in [6.07, 6.45) is -3.50. The molecule has 11 heteroatoms. The third kappa shape index (κ3) is 5.71. The number of carbonyl (C=O) groups excluding carboxylic acids is 1. The number of hydrogen-bond acceptors (Lipinski definition) is 5. The van der Waals surface area contributed by atoms with Crippen LogP contribution in [0.25, 0.3) is 0 Å². The molecular weight excluding hydrogens is 427 g/mol. The van der Waals surface area contributed by atoms with E-state index in [-0.39, 0.29) is 28.4 Å². The van der Waals surface area contributed by atoms with Crippen LogP contribution in [0.3, 0.4) is 0 Å². The Labute approximate surface area is 170 Å². The molecule has 1 aliphatic heterocycles. The lowest BCUT2D eigenvalue weighted by atomic mass is 10.1. The van der Waals surface area contributed by atoms with Gasteiger partial charge in [0.25, 0.3) is 0 Å². The molecule has 6 nitrogen and oxygen atoms in total. The zero-order valence-electron chi connectivity index (χ0n) is 15.3. The van der Waals surface area contributed by atoms with Crippen LogP contribution in [-0.4, -0.2) is 44.9 Å². The smallest absolute Gasteiger partial charge is 0.376 e. The van der Waals surface area contributed by atoms with Crippen LogP contribution >= 0.6 is 11.3 Å². The molecule has 0 unspecified atom stereocenters. The Morgan fingerprint density at radius 3 is 2.52 bits per heavy atom. The molecular formula is C18H20F3N3O3S2. The van der Waals surface area contributed by atoms with Gasteiger partial charge in [0.2, 0.25) is 15.9 Å². The normalized spacial score (nSPS) is 16.0. The van der Waals surface area contributed by atoms with Crippen LogP contribution in [0.4, 0.5) is 18.9 Å². The molecule has 1 aromatic carbocycles. The van der Waals surface area contributed by atoms with Gasteiger partial charge in [-0.1, -0.05) is 12.1 Å². The van der Waals surface area contributed by atoms with Crippen molar-refractivity contribution in [1.29, 1.82) is 0 Å². The van der Waals surface area contributed by atoms with Crippen molar-refractivity contribution in [1.82, 2.24) is 9.62 Å². The summed E-state index contributed by atoms with van der Waals surface area (Å²) >= 11 is 1.14. The Hall–Kier alpha value is -2.11. The molecule has 158 valence electrons. The second kappa shape index (κ2) is 8.72. The van der Waals surface area contributed by atoms with Crippen LogP contribution in [-0.2, 0) is 21.0 Å². The minimum atomic E-state index is -4.44. The molecule has 1 amide bonds. The number of anilines is 1. The maximum absolute atomic E-state index is 12.8. The van der Waals surface area contributed by atoms with Gasteiger partial charge in [0.1, 0.15) is 4.21 Å². The summed E-state index contributed by atoms with van der Waals surface area (Å²) in [5.41, 5.74) is -0.569. The van der Waals surface area contributed by atoms with Gasteiger partial charge >= 0.3 is 6.18 Å². The molecule has 2 aromatic rings. The summed E-state index contributed by atoms with van der Waals surface area (Å²) in [6, 6.07) is 7.61. The van der Waals surface area contributed by atoms with Crippen LogP contribution in [0.2, 0.25) is 0 Å². The Morgan fingerprint density at radius 1 is 1.17 bits per heavy atom. The van der Waals surface area contributed by atoms with Gasteiger partial charge in [0, 0.05) is 24.8 Å². The first-order valence-corrected chi connectivity index (χ1v) is 11.3. The van der Waals surface area contributed by atoms with Crippen molar-refractivity contribution in [3.05, 3.63) is 47.3 Å². The summed E-state index contributed by atoms with van der Waals surface area (Å²) in [5, 5.41) is 4.41. The molecule has 2 heterocycles. The van der Waals surface area contributed by atoms with Crippen molar-refractivity contribution in [2.24, 2.45) is 0 Å². The largest absolute Gasteiger partial charge is 0.416 e. The van der Waals surface area contributed by atoms with Gasteiger partial charge < -0.3 is 10.2 Å². The number of benzene rings is 1. The lowest BCUT2D eigenvalue weighted by molar-refractivity contribution is -0.137. The van der Waals surface area contributed by atoms with Gasteiger partial charge in [-0.2, -0.15) is 13.2 Å². The van der Waals surface area contributed by atoms with Gasteiger partial charge in [0.15, 0.2) is 0 Å². The maximum Gasteiger partial charge on any atom is 0.416 e. The van der Waals surface area contributed by atoms with Crippen LogP contribution in [0.1, 0.15) is 18.4 Å². The summed E-state index contributed by atoms with van der Waals surface area (Å²) in [5.74, 6) is -0.248. The van der Waals surface area contributed by atoms with Crippen molar-refractivity contribution in [3.63, 3.8) is 0 Å². The van der Waals surface area contributed by atoms with Crippen molar-refractivity contribution in [3.8, 4) is 0 Å². The fraction of sp³-hybridized carbons (Fsp3) is 0.389. The number of amides is 1. The molecule has 0 aliphatic carbocycles. The van der Waals surface area contributed by atoms with E-state index < -0.39 is 21.8 Å². The zero-order chi connectivity index (χ0) is 21.1. The van der Waals surface area contributed by atoms with E-state index in [1.165, 1.54) is 18.2 Å². The highest BCUT2D eigenvalue weighted by Gasteiger charge is 2.30. The molecule has 1 aliphatic rings. The number of alkyl halides is 3. The Bertz CT molecular complexity index is 939. The predicted molar refractivity (Wildman–Crippen MR) is 104 cm³/mol. The number of nitrogens with zero attached hydrogens (tertiary/aromatic N) is 1. The van der Waals surface area contributed by atoms with E-state index in [1.807, 2.05) is 0 Å². The Kier molecular flexibility index (Phi) is 6.49. The maximum atomic E-state index is 12.8. The zero-order valence-corrected chi connectivity index (χ0v) is 16.9. The number of thiophene rings is 1. The molecule has 1 saturated heterocycles. The van der Waals surface area contributed by atoms with Crippen LogP contribution in [0.15, 0.2) is 46.0 Å². The molecule has 0 bridgehead atoms. The van der Waals surface area contributed by atoms with Gasteiger partial charge in [0.05, 0.1) is 12.1 Å². The third-order valence-corrected chi connectivity index (χ3v) is 7.48. The average Bonchev–Trinajstić information content (AvgIpc) is 3.22. The third-order valence-electron chi connectivity index (χ3n) is 4.56. The van der Waals surface area contributed by atoms with Crippen LogP contribution < -0.4 is 10.0 Å². The monoisotopic (exact) mass is 447 g/mol.